The van der Waals surface area contributed by atoms with E-state index in [2.05, 4.69) is 10.3 Å². The molecule has 1 amide bonds. The van der Waals surface area contributed by atoms with E-state index in [1.165, 1.54) is 17.4 Å². The standard InChI is InChI=1S/C18H18N2O4S/c1-11(2)9-19-16(21)10-23-18(22)14-8-7-13(24-14)17-20-12-5-3-4-6-15(12)25-17/h3-8,11H,9-10H2,1-2H3,(H,19,21). The first-order valence-corrected chi connectivity index (χ1v) is 8.74. The summed E-state index contributed by atoms with van der Waals surface area (Å²) in [5.74, 6) is -0.128. The number of benzene rings is 1. The Bertz CT molecular complexity index is 864. The normalized spacial score (nSPS) is 11.0. The molecular formula is C18H18N2O4S. The number of esters is 1. The van der Waals surface area contributed by atoms with Gasteiger partial charge in [-0.3, -0.25) is 4.79 Å². The first kappa shape index (κ1) is 17.2. The summed E-state index contributed by atoms with van der Waals surface area (Å²) in [6.45, 7) is 4.18. The van der Waals surface area contributed by atoms with Crippen LogP contribution in [0.25, 0.3) is 21.0 Å². The number of nitrogens with zero attached hydrogens (tertiary/aromatic N) is 1. The van der Waals surface area contributed by atoms with Crippen molar-refractivity contribution >= 4 is 33.4 Å². The molecule has 0 aliphatic heterocycles. The van der Waals surface area contributed by atoms with Gasteiger partial charge in [-0.05, 0) is 30.2 Å². The molecule has 3 aromatic rings. The molecule has 0 radical (unpaired) electrons. The van der Waals surface area contributed by atoms with E-state index in [0.29, 0.717) is 23.2 Å². The second-order valence-corrected chi connectivity index (χ2v) is 6.96. The Kier molecular flexibility index (Phi) is 5.14. The second-order valence-electron chi connectivity index (χ2n) is 5.92. The summed E-state index contributed by atoms with van der Waals surface area (Å²) in [5.41, 5.74) is 0.879. The van der Waals surface area contributed by atoms with Gasteiger partial charge in [-0.2, -0.15) is 0 Å². The molecule has 6 nitrogen and oxygen atoms in total. The van der Waals surface area contributed by atoms with Gasteiger partial charge < -0.3 is 14.5 Å². The molecule has 0 bridgehead atoms. The minimum atomic E-state index is -0.674. The number of nitrogens with one attached hydrogen (secondary N) is 1. The lowest BCUT2D eigenvalue weighted by atomic mass is 10.2. The molecule has 1 aromatic carbocycles. The van der Waals surface area contributed by atoms with Crippen molar-refractivity contribution in [2.24, 2.45) is 5.92 Å². The van der Waals surface area contributed by atoms with Crippen molar-refractivity contribution in [1.82, 2.24) is 10.3 Å². The van der Waals surface area contributed by atoms with Gasteiger partial charge in [0.05, 0.1) is 10.2 Å². The van der Waals surface area contributed by atoms with Crippen molar-refractivity contribution in [3.05, 3.63) is 42.2 Å². The Morgan fingerprint density at radius 2 is 2.04 bits per heavy atom. The number of thiazole rings is 1. The van der Waals surface area contributed by atoms with E-state index >= 15 is 0 Å². The number of hydrogen-bond donors (Lipinski definition) is 1. The summed E-state index contributed by atoms with van der Waals surface area (Å²) in [7, 11) is 0. The van der Waals surface area contributed by atoms with Gasteiger partial charge in [0.1, 0.15) is 0 Å². The van der Waals surface area contributed by atoms with Crippen LogP contribution >= 0.6 is 11.3 Å². The zero-order chi connectivity index (χ0) is 17.8. The quantitative estimate of drug-likeness (QED) is 0.682. The van der Waals surface area contributed by atoms with Crippen LogP contribution in [0.4, 0.5) is 0 Å². The number of rotatable bonds is 6. The highest BCUT2D eigenvalue weighted by Crippen LogP contribution is 2.31. The van der Waals surface area contributed by atoms with Crippen LogP contribution in [0.2, 0.25) is 0 Å². The largest absolute Gasteiger partial charge is 0.450 e. The fraction of sp³-hybridized carbons (Fsp3) is 0.278. The monoisotopic (exact) mass is 358 g/mol. The number of carbonyl (C=O) groups excluding carboxylic acids is 2. The van der Waals surface area contributed by atoms with Crippen LogP contribution in [0, 0.1) is 5.92 Å². The van der Waals surface area contributed by atoms with Gasteiger partial charge in [-0.15, -0.1) is 11.3 Å². The fourth-order valence-electron chi connectivity index (χ4n) is 2.11. The van der Waals surface area contributed by atoms with Gasteiger partial charge in [0, 0.05) is 6.54 Å². The molecule has 2 heterocycles. The highest BCUT2D eigenvalue weighted by molar-refractivity contribution is 7.21. The molecule has 7 heteroatoms. The lowest BCUT2D eigenvalue weighted by Gasteiger charge is -2.07. The third-order valence-electron chi connectivity index (χ3n) is 3.35. The predicted octanol–water partition coefficient (Wildman–Crippen LogP) is 3.49. The van der Waals surface area contributed by atoms with Crippen LogP contribution in [-0.4, -0.2) is 30.0 Å². The zero-order valence-electron chi connectivity index (χ0n) is 13.9. The van der Waals surface area contributed by atoms with Crippen LogP contribution in [0.3, 0.4) is 0 Å². The minimum Gasteiger partial charge on any atom is -0.450 e. The summed E-state index contributed by atoms with van der Waals surface area (Å²) >= 11 is 1.48. The summed E-state index contributed by atoms with van der Waals surface area (Å²) in [6.07, 6.45) is 0. The van der Waals surface area contributed by atoms with E-state index in [4.69, 9.17) is 9.15 Å². The Balaban J connectivity index is 1.62. The smallest absolute Gasteiger partial charge is 0.374 e. The molecule has 130 valence electrons. The molecule has 0 saturated heterocycles. The lowest BCUT2D eigenvalue weighted by Crippen LogP contribution is -2.31. The number of ether oxygens (including phenoxy) is 1. The third kappa shape index (κ3) is 4.24. The van der Waals surface area contributed by atoms with Crippen molar-refractivity contribution in [2.45, 2.75) is 13.8 Å². The van der Waals surface area contributed by atoms with Crippen LogP contribution in [0.15, 0.2) is 40.8 Å². The molecular weight excluding hydrogens is 340 g/mol. The van der Waals surface area contributed by atoms with Crippen molar-refractivity contribution in [3.8, 4) is 10.8 Å². The highest BCUT2D eigenvalue weighted by Gasteiger charge is 2.17. The number of furan rings is 1. The Labute approximate surface area is 148 Å². The second kappa shape index (κ2) is 7.48. The molecule has 0 atom stereocenters. The summed E-state index contributed by atoms with van der Waals surface area (Å²) in [4.78, 5) is 28.1. The van der Waals surface area contributed by atoms with E-state index in [9.17, 15) is 9.59 Å². The maximum absolute atomic E-state index is 12.0. The van der Waals surface area contributed by atoms with Gasteiger partial charge in [0.2, 0.25) is 5.76 Å². The summed E-state index contributed by atoms with van der Waals surface area (Å²) in [6, 6.07) is 11.0. The Morgan fingerprint density at radius 1 is 1.24 bits per heavy atom. The van der Waals surface area contributed by atoms with Crippen LogP contribution in [0.5, 0.6) is 0 Å². The SMILES string of the molecule is CC(C)CNC(=O)COC(=O)c1ccc(-c2nc3ccccc3s2)o1. The van der Waals surface area contributed by atoms with Gasteiger partial charge in [-0.1, -0.05) is 26.0 Å². The van der Waals surface area contributed by atoms with E-state index < -0.39 is 5.97 Å². The van der Waals surface area contributed by atoms with Crippen molar-refractivity contribution in [2.75, 3.05) is 13.2 Å². The molecule has 0 unspecified atom stereocenters. The van der Waals surface area contributed by atoms with Crippen LogP contribution in [0.1, 0.15) is 24.4 Å². The first-order valence-electron chi connectivity index (χ1n) is 7.92. The molecule has 0 fully saturated rings. The molecule has 2 aromatic heterocycles. The number of carbonyl (C=O) groups is 2. The number of hydrogen-bond acceptors (Lipinski definition) is 6. The first-order chi connectivity index (χ1) is 12.0. The van der Waals surface area contributed by atoms with Crippen LogP contribution in [-0.2, 0) is 9.53 Å². The Morgan fingerprint density at radius 3 is 2.80 bits per heavy atom. The Hall–Kier alpha value is -2.67. The molecule has 0 aliphatic carbocycles. The lowest BCUT2D eigenvalue weighted by molar-refractivity contribution is -0.124. The minimum absolute atomic E-state index is 0.0471. The third-order valence-corrected chi connectivity index (χ3v) is 4.40. The summed E-state index contributed by atoms with van der Waals surface area (Å²) in [5, 5.41) is 3.37. The van der Waals surface area contributed by atoms with Crippen molar-refractivity contribution in [3.63, 3.8) is 0 Å². The summed E-state index contributed by atoms with van der Waals surface area (Å²) < 4.78 is 11.5. The van der Waals surface area contributed by atoms with E-state index in [-0.39, 0.29) is 18.3 Å². The van der Waals surface area contributed by atoms with Crippen molar-refractivity contribution in [1.29, 1.82) is 0 Å². The van der Waals surface area contributed by atoms with Gasteiger partial charge in [-0.25, -0.2) is 9.78 Å². The van der Waals surface area contributed by atoms with E-state index in [0.717, 1.165) is 10.2 Å². The fourth-order valence-corrected chi connectivity index (χ4v) is 3.04. The molecule has 0 aliphatic rings. The topological polar surface area (TPSA) is 81.4 Å². The molecule has 0 saturated carbocycles. The molecule has 25 heavy (non-hydrogen) atoms. The molecule has 1 N–H and O–H groups in total. The molecule has 3 rings (SSSR count). The maximum Gasteiger partial charge on any atom is 0.374 e. The van der Waals surface area contributed by atoms with Crippen LogP contribution < -0.4 is 5.32 Å². The van der Waals surface area contributed by atoms with Gasteiger partial charge in [0.25, 0.3) is 5.91 Å². The van der Waals surface area contributed by atoms with Crippen molar-refractivity contribution < 1.29 is 18.7 Å². The predicted molar refractivity (Wildman–Crippen MR) is 95.5 cm³/mol. The average molecular weight is 358 g/mol. The van der Waals surface area contributed by atoms with Gasteiger partial charge in [0.15, 0.2) is 17.4 Å². The number of aromatic nitrogens is 1. The average Bonchev–Trinajstić information content (AvgIpc) is 3.24. The van der Waals surface area contributed by atoms with Gasteiger partial charge >= 0.3 is 5.97 Å². The van der Waals surface area contributed by atoms with E-state index in [1.54, 1.807) is 6.07 Å². The number of amides is 1. The highest BCUT2D eigenvalue weighted by atomic mass is 32.1. The zero-order valence-corrected chi connectivity index (χ0v) is 14.8. The van der Waals surface area contributed by atoms with E-state index in [1.807, 2.05) is 38.1 Å². The number of fused-ring (bicyclic) bond motifs is 1. The maximum atomic E-state index is 12.0. The number of para-hydroxylation sites is 1. The molecule has 0 spiro atoms.